The van der Waals surface area contributed by atoms with Gasteiger partial charge in [0.1, 0.15) is 6.17 Å². The summed E-state index contributed by atoms with van der Waals surface area (Å²) < 4.78 is 59.0. The molecular formula is C25H48F4O. The number of alkyl halides is 4. The standard InChI is InChI=1S/C25H48F4O/c1-3-5-6-7-8-12-17-23(25(27,28)29)18-13-11-15-20-24(26)19-14-9-10-16-22-30-21-4-2/h23-24H,3-22H2,1-2H3. The Morgan fingerprint density at radius 1 is 0.567 bits per heavy atom. The Morgan fingerprint density at radius 2 is 1.03 bits per heavy atom. The van der Waals surface area contributed by atoms with Crippen molar-refractivity contribution in [2.75, 3.05) is 13.2 Å². The van der Waals surface area contributed by atoms with Crippen molar-refractivity contribution in [3.63, 3.8) is 0 Å². The van der Waals surface area contributed by atoms with E-state index in [0.29, 0.717) is 38.5 Å². The first kappa shape index (κ1) is 29.7. The zero-order chi connectivity index (χ0) is 22.5. The monoisotopic (exact) mass is 440 g/mol. The highest BCUT2D eigenvalue weighted by atomic mass is 19.4. The molecule has 0 spiro atoms. The summed E-state index contributed by atoms with van der Waals surface area (Å²) in [5.74, 6) is -1.17. The maximum atomic E-state index is 13.9. The average Bonchev–Trinajstić information content (AvgIpc) is 2.69. The van der Waals surface area contributed by atoms with Gasteiger partial charge in [-0.1, -0.05) is 90.9 Å². The molecule has 1 nitrogen and oxygen atoms in total. The Labute approximate surface area is 183 Å². The topological polar surface area (TPSA) is 9.23 Å². The number of hydrogen-bond donors (Lipinski definition) is 0. The van der Waals surface area contributed by atoms with Crippen LogP contribution in [0, 0.1) is 5.92 Å². The van der Waals surface area contributed by atoms with Crippen molar-refractivity contribution in [2.24, 2.45) is 5.92 Å². The van der Waals surface area contributed by atoms with Crippen LogP contribution in [-0.4, -0.2) is 25.6 Å². The minimum Gasteiger partial charge on any atom is -0.381 e. The molecule has 0 fully saturated rings. The summed E-state index contributed by atoms with van der Waals surface area (Å²) in [6, 6.07) is 0. The Hall–Kier alpha value is -0.320. The summed E-state index contributed by atoms with van der Waals surface area (Å²) in [6.07, 6.45) is 9.76. The van der Waals surface area contributed by atoms with Gasteiger partial charge in [-0.3, -0.25) is 0 Å². The van der Waals surface area contributed by atoms with Crippen LogP contribution in [0.2, 0.25) is 0 Å². The molecule has 0 radical (unpaired) electrons. The van der Waals surface area contributed by atoms with Gasteiger partial charge in [0.15, 0.2) is 0 Å². The van der Waals surface area contributed by atoms with Crippen LogP contribution in [0.25, 0.3) is 0 Å². The smallest absolute Gasteiger partial charge is 0.381 e. The van der Waals surface area contributed by atoms with E-state index < -0.39 is 18.3 Å². The van der Waals surface area contributed by atoms with Gasteiger partial charge in [0.2, 0.25) is 0 Å². The largest absolute Gasteiger partial charge is 0.391 e. The SMILES string of the molecule is CCCCCCCCC(CCCCCC(F)CCCCCCOCCC)C(F)(F)F. The van der Waals surface area contributed by atoms with Crippen LogP contribution < -0.4 is 0 Å². The van der Waals surface area contributed by atoms with Gasteiger partial charge >= 0.3 is 6.18 Å². The van der Waals surface area contributed by atoms with Crippen molar-refractivity contribution in [3.8, 4) is 0 Å². The molecule has 0 aliphatic heterocycles. The molecule has 0 amide bonds. The molecular weight excluding hydrogens is 392 g/mol. The normalized spacial score (nSPS) is 14.2. The molecule has 0 rings (SSSR count). The van der Waals surface area contributed by atoms with Crippen molar-refractivity contribution in [2.45, 2.75) is 142 Å². The molecule has 2 atom stereocenters. The highest BCUT2D eigenvalue weighted by Gasteiger charge is 2.38. The van der Waals surface area contributed by atoms with Crippen molar-refractivity contribution in [1.29, 1.82) is 0 Å². The molecule has 0 aromatic rings. The fourth-order valence-corrected chi connectivity index (χ4v) is 3.89. The fraction of sp³-hybridized carbons (Fsp3) is 1.00. The minimum absolute atomic E-state index is 0.204. The van der Waals surface area contributed by atoms with Crippen LogP contribution in [0.5, 0.6) is 0 Å². The third kappa shape index (κ3) is 19.6. The van der Waals surface area contributed by atoms with Crippen LogP contribution in [0.3, 0.4) is 0 Å². The molecule has 182 valence electrons. The second-order valence-electron chi connectivity index (χ2n) is 8.85. The summed E-state index contributed by atoms with van der Waals surface area (Å²) in [5, 5.41) is 0. The van der Waals surface area contributed by atoms with Crippen molar-refractivity contribution in [3.05, 3.63) is 0 Å². The fourth-order valence-electron chi connectivity index (χ4n) is 3.89. The van der Waals surface area contributed by atoms with Crippen LogP contribution in [0.15, 0.2) is 0 Å². The van der Waals surface area contributed by atoms with Crippen LogP contribution in [0.4, 0.5) is 17.6 Å². The highest BCUT2D eigenvalue weighted by molar-refractivity contribution is 4.69. The van der Waals surface area contributed by atoms with Gasteiger partial charge in [-0.05, 0) is 38.5 Å². The zero-order valence-corrected chi connectivity index (χ0v) is 19.7. The molecule has 0 aliphatic carbocycles. The maximum Gasteiger partial charge on any atom is 0.391 e. The number of rotatable bonds is 22. The summed E-state index contributed by atoms with van der Waals surface area (Å²) in [6.45, 7) is 5.84. The predicted octanol–water partition coefficient (Wildman–Crippen LogP) is 9.58. The van der Waals surface area contributed by atoms with Crippen LogP contribution >= 0.6 is 0 Å². The molecule has 5 heteroatoms. The van der Waals surface area contributed by atoms with E-state index in [0.717, 1.165) is 71.0 Å². The summed E-state index contributed by atoms with van der Waals surface area (Å²) in [5.41, 5.74) is 0. The van der Waals surface area contributed by atoms with Gasteiger partial charge in [0.05, 0.1) is 5.92 Å². The van der Waals surface area contributed by atoms with E-state index >= 15 is 0 Å². The van der Waals surface area contributed by atoms with Crippen LogP contribution in [0.1, 0.15) is 129 Å². The van der Waals surface area contributed by atoms with E-state index in [2.05, 4.69) is 13.8 Å². The zero-order valence-electron chi connectivity index (χ0n) is 19.7. The maximum absolute atomic E-state index is 13.9. The number of ether oxygens (including phenoxy) is 1. The average molecular weight is 441 g/mol. The number of hydrogen-bond acceptors (Lipinski definition) is 1. The molecule has 0 aromatic carbocycles. The van der Waals surface area contributed by atoms with E-state index in [4.69, 9.17) is 4.74 Å². The molecule has 0 saturated carbocycles. The molecule has 0 heterocycles. The van der Waals surface area contributed by atoms with Gasteiger partial charge in [0, 0.05) is 13.2 Å². The van der Waals surface area contributed by atoms with E-state index in [9.17, 15) is 17.6 Å². The Bertz CT molecular complexity index is 347. The van der Waals surface area contributed by atoms with E-state index in [1.54, 1.807) is 0 Å². The van der Waals surface area contributed by atoms with E-state index in [-0.39, 0.29) is 12.8 Å². The summed E-state index contributed by atoms with van der Waals surface area (Å²) in [7, 11) is 0. The molecule has 0 saturated heterocycles. The van der Waals surface area contributed by atoms with Gasteiger partial charge in [-0.2, -0.15) is 13.2 Å². The molecule has 0 aliphatic rings. The first-order valence-electron chi connectivity index (χ1n) is 12.7. The Kier molecular flexibility index (Phi) is 20.4. The lowest BCUT2D eigenvalue weighted by atomic mass is 9.93. The van der Waals surface area contributed by atoms with Gasteiger partial charge < -0.3 is 4.74 Å². The van der Waals surface area contributed by atoms with Crippen molar-refractivity contribution >= 4 is 0 Å². The quantitative estimate of drug-likeness (QED) is 0.120. The lowest BCUT2D eigenvalue weighted by molar-refractivity contribution is -0.178. The molecule has 30 heavy (non-hydrogen) atoms. The molecule has 0 bridgehead atoms. The number of unbranched alkanes of at least 4 members (excludes halogenated alkanes) is 10. The lowest BCUT2D eigenvalue weighted by Crippen LogP contribution is -2.22. The van der Waals surface area contributed by atoms with E-state index in [1.807, 2.05) is 0 Å². The molecule has 0 N–H and O–H groups in total. The van der Waals surface area contributed by atoms with Crippen molar-refractivity contribution in [1.82, 2.24) is 0 Å². The predicted molar refractivity (Wildman–Crippen MR) is 120 cm³/mol. The first-order valence-corrected chi connectivity index (χ1v) is 12.7. The minimum atomic E-state index is -4.09. The third-order valence-corrected chi connectivity index (χ3v) is 5.84. The Morgan fingerprint density at radius 3 is 1.57 bits per heavy atom. The molecule has 0 aromatic heterocycles. The van der Waals surface area contributed by atoms with Gasteiger partial charge in [-0.15, -0.1) is 0 Å². The highest BCUT2D eigenvalue weighted by Crippen LogP contribution is 2.34. The number of halogens is 4. The summed E-state index contributed by atoms with van der Waals surface area (Å²) in [4.78, 5) is 0. The van der Waals surface area contributed by atoms with Gasteiger partial charge in [-0.25, -0.2) is 4.39 Å². The third-order valence-electron chi connectivity index (χ3n) is 5.84. The van der Waals surface area contributed by atoms with Crippen LogP contribution in [-0.2, 0) is 4.74 Å². The summed E-state index contributed by atoms with van der Waals surface area (Å²) >= 11 is 0. The molecule has 2 unspecified atom stereocenters. The lowest BCUT2D eigenvalue weighted by Gasteiger charge is -2.20. The second kappa shape index (κ2) is 20.6. The van der Waals surface area contributed by atoms with E-state index in [1.165, 1.54) is 6.42 Å². The van der Waals surface area contributed by atoms with Gasteiger partial charge in [0.25, 0.3) is 0 Å². The second-order valence-corrected chi connectivity index (χ2v) is 8.85. The van der Waals surface area contributed by atoms with Crippen molar-refractivity contribution < 1.29 is 22.3 Å². The first-order chi connectivity index (χ1) is 14.4. The Balaban J connectivity index is 3.67.